The van der Waals surface area contributed by atoms with Crippen molar-refractivity contribution < 1.29 is 4.74 Å². The Balaban J connectivity index is 2.45. The largest absolute Gasteiger partial charge is 0.380 e. The van der Waals surface area contributed by atoms with E-state index in [0.29, 0.717) is 0 Å². The van der Waals surface area contributed by atoms with Crippen molar-refractivity contribution in [1.82, 2.24) is 0 Å². The van der Waals surface area contributed by atoms with Crippen LogP contribution in [0.2, 0.25) is 0 Å². The Labute approximate surface area is 87.2 Å². The molecule has 0 radical (unpaired) electrons. The number of ether oxygens (including phenoxy) is 1. The first-order valence-corrected chi connectivity index (χ1v) is 5.41. The van der Waals surface area contributed by atoms with Crippen molar-refractivity contribution in [1.29, 1.82) is 0 Å². The van der Waals surface area contributed by atoms with Crippen LogP contribution in [-0.2, 0) is 4.74 Å². The number of hydrogen-bond donors (Lipinski definition) is 0. The van der Waals surface area contributed by atoms with Gasteiger partial charge in [0, 0.05) is 7.11 Å². The molecule has 0 atom stereocenters. The van der Waals surface area contributed by atoms with Crippen LogP contribution in [0.25, 0.3) is 0 Å². The SMILES string of the molecule is CCCCC1=CC=CC(COC)=CC1. The average Bonchev–Trinajstić information content (AvgIpc) is 2.41. The lowest BCUT2D eigenvalue weighted by Crippen LogP contribution is -1.90. The third-order valence-corrected chi connectivity index (χ3v) is 2.43. The standard InChI is InChI=1S/C13H20O/c1-3-4-6-12-7-5-8-13(10-9-12)11-14-2/h5,7-8,10H,3-4,6,9,11H2,1-2H3. The van der Waals surface area contributed by atoms with Crippen LogP contribution < -0.4 is 0 Å². The Morgan fingerprint density at radius 3 is 3.00 bits per heavy atom. The summed E-state index contributed by atoms with van der Waals surface area (Å²) >= 11 is 0. The summed E-state index contributed by atoms with van der Waals surface area (Å²) < 4.78 is 5.11. The normalized spacial score (nSPS) is 16.1. The van der Waals surface area contributed by atoms with Gasteiger partial charge < -0.3 is 4.74 Å². The van der Waals surface area contributed by atoms with E-state index in [1.165, 1.54) is 30.4 Å². The summed E-state index contributed by atoms with van der Waals surface area (Å²) in [5, 5.41) is 0. The second-order valence-corrected chi connectivity index (χ2v) is 3.70. The molecule has 0 aliphatic heterocycles. The number of rotatable bonds is 5. The quantitative estimate of drug-likeness (QED) is 0.646. The maximum atomic E-state index is 5.11. The highest BCUT2D eigenvalue weighted by Gasteiger charge is 1.99. The molecule has 1 aliphatic rings. The Hall–Kier alpha value is -0.820. The van der Waals surface area contributed by atoms with Gasteiger partial charge in [-0.15, -0.1) is 0 Å². The van der Waals surface area contributed by atoms with Gasteiger partial charge in [0.2, 0.25) is 0 Å². The topological polar surface area (TPSA) is 9.23 Å². The lowest BCUT2D eigenvalue weighted by atomic mass is 10.1. The molecule has 0 aromatic rings. The van der Waals surface area contributed by atoms with E-state index in [0.717, 1.165) is 13.0 Å². The number of unbranched alkanes of at least 4 members (excludes halogenated alkanes) is 1. The molecule has 14 heavy (non-hydrogen) atoms. The maximum absolute atomic E-state index is 5.11. The van der Waals surface area contributed by atoms with Gasteiger partial charge >= 0.3 is 0 Å². The smallest absolute Gasteiger partial charge is 0.0710 e. The molecule has 1 rings (SSSR count). The number of allylic oxidation sites excluding steroid dienone is 4. The van der Waals surface area contributed by atoms with Crippen LogP contribution in [0.1, 0.15) is 32.6 Å². The van der Waals surface area contributed by atoms with E-state index in [1.54, 1.807) is 7.11 Å². The summed E-state index contributed by atoms with van der Waals surface area (Å²) in [5.41, 5.74) is 2.82. The van der Waals surface area contributed by atoms with Crippen molar-refractivity contribution in [3.8, 4) is 0 Å². The minimum absolute atomic E-state index is 0.728. The Bertz CT molecular complexity index is 246. The van der Waals surface area contributed by atoms with Crippen LogP contribution in [0, 0.1) is 0 Å². The zero-order valence-electron chi connectivity index (χ0n) is 9.25. The van der Waals surface area contributed by atoms with E-state index in [-0.39, 0.29) is 0 Å². The van der Waals surface area contributed by atoms with Gasteiger partial charge in [-0.2, -0.15) is 0 Å². The van der Waals surface area contributed by atoms with Crippen LogP contribution in [0.4, 0.5) is 0 Å². The van der Waals surface area contributed by atoms with E-state index in [4.69, 9.17) is 4.74 Å². The van der Waals surface area contributed by atoms with E-state index < -0.39 is 0 Å². The fourth-order valence-corrected chi connectivity index (χ4v) is 1.57. The summed E-state index contributed by atoms with van der Waals surface area (Å²) in [7, 11) is 1.74. The third-order valence-electron chi connectivity index (χ3n) is 2.43. The van der Waals surface area contributed by atoms with E-state index >= 15 is 0 Å². The van der Waals surface area contributed by atoms with Crippen molar-refractivity contribution in [3.05, 3.63) is 35.5 Å². The molecule has 0 aromatic heterocycles. The second kappa shape index (κ2) is 6.61. The molecular formula is C13H20O. The highest BCUT2D eigenvalue weighted by atomic mass is 16.5. The summed E-state index contributed by atoms with van der Waals surface area (Å²) in [6.45, 7) is 2.96. The van der Waals surface area contributed by atoms with Crippen molar-refractivity contribution in [3.63, 3.8) is 0 Å². The van der Waals surface area contributed by atoms with Gasteiger partial charge in [-0.05, 0) is 24.8 Å². The lowest BCUT2D eigenvalue weighted by Gasteiger charge is -2.02. The van der Waals surface area contributed by atoms with Crippen molar-refractivity contribution in [2.24, 2.45) is 0 Å². The van der Waals surface area contributed by atoms with Crippen molar-refractivity contribution in [2.75, 3.05) is 13.7 Å². The highest BCUT2D eigenvalue weighted by Crippen LogP contribution is 2.17. The molecule has 0 heterocycles. The molecule has 0 fully saturated rings. The van der Waals surface area contributed by atoms with Crippen LogP contribution in [0.5, 0.6) is 0 Å². The molecule has 0 saturated heterocycles. The van der Waals surface area contributed by atoms with E-state index in [2.05, 4.69) is 31.2 Å². The number of methoxy groups -OCH3 is 1. The summed E-state index contributed by atoms with van der Waals surface area (Å²) in [4.78, 5) is 0. The minimum Gasteiger partial charge on any atom is -0.380 e. The lowest BCUT2D eigenvalue weighted by molar-refractivity contribution is 0.228. The Morgan fingerprint density at radius 2 is 2.29 bits per heavy atom. The zero-order valence-corrected chi connectivity index (χ0v) is 9.25. The molecular weight excluding hydrogens is 172 g/mol. The molecule has 78 valence electrons. The number of hydrogen-bond acceptors (Lipinski definition) is 1. The molecule has 0 aromatic carbocycles. The predicted molar refractivity (Wildman–Crippen MR) is 61.3 cm³/mol. The first kappa shape index (κ1) is 11.3. The molecule has 1 heteroatoms. The molecule has 0 spiro atoms. The highest BCUT2D eigenvalue weighted by molar-refractivity contribution is 5.30. The Kier molecular flexibility index (Phi) is 5.31. The fourth-order valence-electron chi connectivity index (χ4n) is 1.57. The van der Waals surface area contributed by atoms with Crippen LogP contribution >= 0.6 is 0 Å². The van der Waals surface area contributed by atoms with Crippen LogP contribution in [0.3, 0.4) is 0 Å². The van der Waals surface area contributed by atoms with Gasteiger partial charge in [0.15, 0.2) is 0 Å². The van der Waals surface area contributed by atoms with Gasteiger partial charge in [-0.25, -0.2) is 0 Å². The molecule has 0 saturated carbocycles. The van der Waals surface area contributed by atoms with E-state index in [9.17, 15) is 0 Å². The van der Waals surface area contributed by atoms with Gasteiger partial charge in [0.05, 0.1) is 6.61 Å². The average molecular weight is 192 g/mol. The molecule has 1 nitrogen and oxygen atoms in total. The van der Waals surface area contributed by atoms with Crippen molar-refractivity contribution in [2.45, 2.75) is 32.6 Å². The second-order valence-electron chi connectivity index (χ2n) is 3.70. The Morgan fingerprint density at radius 1 is 1.43 bits per heavy atom. The van der Waals surface area contributed by atoms with Gasteiger partial charge in [-0.3, -0.25) is 0 Å². The van der Waals surface area contributed by atoms with Crippen LogP contribution in [-0.4, -0.2) is 13.7 Å². The monoisotopic (exact) mass is 192 g/mol. The summed E-state index contributed by atoms with van der Waals surface area (Å²) in [6, 6.07) is 0. The van der Waals surface area contributed by atoms with Crippen LogP contribution in [0.15, 0.2) is 35.5 Å². The van der Waals surface area contributed by atoms with E-state index in [1.807, 2.05) is 0 Å². The molecule has 1 aliphatic carbocycles. The van der Waals surface area contributed by atoms with Crippen molar-refractivity contribution >= 4 is 0 Å². The summed E-state index contributed by atoms with van der Waals surface area (Å²) in [6.07, 6.45) is 13.7. The fraction of sp³-hybridized carbons (Fsp3) is 0.538. The van der Waals surface area contributed by atoms with Gasteiger partial charge in [-0.1, -0.05) is 43.2 Å². The molecule has 0 amide bonds. The summed E-state index contributed by atoms with van der Waals surface area (Å²) in [5.74, 6) is 0. The molecule has 0 unspecified atom stereocenters. The molecule has 0 bridgehead atoms. The first-order chi connectivity index (χ1) is 6.86. The third kappa shape index (κ3) is 3.93. The maximum Gasteiger partial charge on any atom is 0.0710 e. The molecule has 0 N–H and O–H groups in total. The predicted octanol–water partition coefficient (Wildman–Crippen LogP) is 3.64. The first-order valence-electron chi connectivity index (χ1n) is 5.41. The van der Waals surface area contributed by atoms with Gasteiger partial charge in [0.25, 0.3) is 0 Å². The zero-order chi connectivity index (χ0) is 10.2. The minimum atomic E-state index is 0.728. The van der Waals surface area contributed by atoms with Gasteiger partial charge in [0.1, 0.15) is 0 Å².